The molecular weight excluding hydrogens is 431 g/mol. The summed E-state index contributed by atoms with van der Waals surface area (Å²) in [6.07, 6.45) is 1.87. The number of hydrogen-bond donors (Lipinski definition) is 0. The number of benzene rings is 3. The van der Waals surface area contributed by atoms with Gasteiger partial charge in [0, 0.05) is 21.9 Å². The third-order valence-electron chi connectivity index (χ3n) is 4.24. The van der Waals surface area contributed by atoms with Crippen LogP contribution in [0.5, 0.6) is 5.75 Å². The lowest BCUT2D eigenvalue weighted by Gasteiger charge is -2.28. The third kappa shape index (κ3) is 3.99. The number of hydrogen-bond acceptors (Lipinski definition) is 3. The fraction of sp³-hybridized carbons (Fsp3) is 0.0952. The Kier molecular flexibility index (Phi) is 5.14. The number of halogens is 3. The quantitative estimate of drug-likeness (QED) is 0.467. The molecule has 0 aromatic heterocycles. The van der Waals surface area contributed by atoms with Gasteiger partial charge in [-0.05, 0) is 54.1 Å². The van der Waals surface area contributed by atoms with Gasteiger partial charge in [0.25, 0.3) is 0 Å². The Hall–Kier alpha value is -2.37. The van der Waals surface area contributed by atoms with Crippen molar-refractivity contribution in [1.29, 1.82) is 0 Å². The van der Waals surface area contributed by atoms with E-state index in [4.69, 9.17) is 16.3 Å². The average molecular weight is 446 g/mol. The van der Waals surface area contributed by atoms with Gasteiger partial charge < -0.3 is 9.64 Å². The molecule has 0 spiro atoms. The Balaban J connectivity index is 1.55. The summed E-state index contributed by atoms with van der Waals surface area (Å²) >= 11 is 9.91. The van der Waals surface area contributed by atoms with Crippen molar-refractivity contribution < 1.29 is 9.13 Å². The van der Waals surface area contributed by atoms with Crippen LogP contribution in [0.15, 0.2) is 70.1 Å². The van der Waals surface area contributed by atoms with Gasteiger partial charge in [0.15, 0.2) is 0 Å². The minimum absolute atomic E-state index is 0.252. The number of nitrogens with zero attached hydrogens (tertiary/aromatic N) is 2. The van der Waals surface area contributed by atoms with Gasteiger partial charge in [-0.1, -0.05) is 39.7 Å². The van der Waals surface area contributed by atoms with Crippen LogP contribution in [0.2, 0.25) is 5.02 Å². The second-order valence-electron chi connectivity index (χ2n) is 6.12. The molecule has 6 heteroatoms. The summed E-state index contributed by atoms with van der Waals surface area (Å²) in [6.45, 7) is 0.774. The van der Waals surface area contributed by atoms with Crippen LogP contribution < -0.4 is 9.64 Å². The highest BCUT2D eigenvalue weighted by Crippen LogP contribution is 2.36. The fourth-order valence-corrected chi connectivity index (χ4v) is 3.56. The van der Waals surface area contributed by atoms with Gasteiger partial charge in [-0.2, -0.15) is 0 Å². The summed E-state index contributed by atoms with van der Waals surface area (Å²) in [7, 11) is 0. The van der Waals surface area contributed by atoms with Crippen molar-refractivity contribution in [1.82, 2.24) is 0 Å². The van der Waals surface area contributed by atoms with Gasteiger partial charge in [-0.25, -0.2) is 4.39 Å². The largest absolute Gasteiger partial charge is 0.487 e. The SMILES string of the molecule is Fc1cccc(COc2ccc(N3CN=Cc4cc(Br)ccc43)cc2Cl)c1. The molecule has 4 rings (SSSR count). The van der Waals surface area contributed by atoms with Gasteiger partial charge >= 0.3 is 0 Å². The Labute approximate surface area is 170 Å². The molecule has 0 radical (unpaired) electrons. The maximum atomic E-state index is 13.3. The summed E-state index contributed by atoms with van der Waals surface area (Å²) in [5.41, 5.74) is 3.79. The zero-order valence-corrected chi connectivity index (χ0v) is 16.5. The van der Waals surface area contributed by atoms with E-state index >= 15 is 0 Å². The molecule has 0 fully saturated rings. The highest BCUT2D eigenvalue weighted by atomic mass is 79.9. The van der Waals surface area contributed by atoms with Gasteiger partial charge in [-0.3, -0.25) is 4.99 Å². The van der Waals surface area contributed by atoms with Crippen molar-refractivity contribution in [2.45, 2.75) is 6.61 Å². The first-order valence-electron chi connectivity index (χ1n) is 8.34. The second-order valence-corrected chi connectivity index (χ2v) is 7.44. The monoisotopic (exact) mass is 444 g/mol. The lowest BCUT2D eigenvalue weighted by Crippen LogP contribution is -2.21. The van der Waals surface area contributed by atoms with Crippen LogP contribution in [-0.2, 0) is 6.61 Å². The number of ether oxygens (including phenoxy) is 1. The van der Waals surface area contributed by atoms with Crippen LogP contribution in [0.3, 0.4) is 0 Å². The van der Waals surface area contributed by atoms with E-state index in [-0.39, 0.29) is 12.4 Å². The Morgan fingerprint density at radius 2 is 2.00 bits per heavy atom. The summed E-state index contributed by atoms with van der Waals surface area (Å²) in [4.78, 5) is 6.51. The molecule has 0 amide bonds. The van der Waals surface area contributed by atoms with Crippen molar-refractivity contribution in [3.8, 4) is 5.75 Å². The van der Waals surface area contributed by atoms with E-state index in [1.807, 2.05) is 48.7 Å². The molecule has 0 unspecified atom stereocenters. The van der Waals surface area contributed by atoms with E-state index in [0.717, 1.165) is 27.0 Å². The molecular formula is C21H15BrClFN2O. The number of fused-ring (bicyclic) bond motifs is 1. The van der Waals surface area contributed by atoms with E-state index in [0.29, 0.717) is 17.4 Å². The third-order valence-corrected chi connectivity index (χ3v) is 5.03. The first kappa shape index (κ1) is 18.0. The van der Waals surface area contributed by atoms with Crippen LogP contribution >= 0.6 is 27.5 Å². The van der Waals surface area contributed by atoms with Crippen molar-refractivity contribution in [3.63, 3.8) is 0 Å². The van der Waals surface area contributed by atoms with Gasteiger partial charge in [0.2, 0.25) is 0 Å². The smallest absolute Gasteiger partial charge is 0.138 e. The van der Waals surface area contributed by atoms with Crippen LogP contribution in [0, 0.1) is 5.82 Å². The Morgan fingerprint density at radius 3 is 2.81 bits per heavy atom. The molecule has 3 nitrogen and oxygen atoms in total. The molecule has 136 valence electrons. The van der Waals surface area contributed by atoms with Gasteiger partial charge in [0.05, 0.1) is 10.7 Å². The zero-order valence-electron chi connectivity index (χ0n) is 14.2. The molecule has 0 saturated carbocycles. The van der Waals surface area contributed by atoms with Crippen LogP contribution in [-0.4, -0.2) is 12.9 Å². The van der Waals surface area contributed by atoms with Crippen LogP contribution in [0.1, 0.15) is 11.1 Å². The summed E-state index contributed by atoms with van der Waals surface area (Å²) in [6, 6.07) is 18.0. The predicted octanol–water partition coefficient (Wildman–Crippen LogP) is 6.35. The number of aliphatic imine (C=N–C) groups is 1. The first-order valence-corrected chi connectivity index (χ1v) is 9.51. The molecule has 0 bridgehead atoms. The van der Waals surface area contributed by atoms with Crippen LogP contribution in [0.25, 0.3) is 0 Å². The summed E-state index contributed by atoms with van der Waals surface area (Å²) in [5.74, 6) is 0.273. The van der Waals surface area contributed by atoms with E-state index in [1.165, 1.54) is 12.1 Å². The number of rotatable bonds is 4. The molecule has 1 heterocycles. The molecule has 0 aliphatic carbocycles. The lowest BCUT2D eigenvalue weighted by molar-refractivity contribution is 0.306. The minimum Gasteiger partial charge on any atom is -0.487 e. The van der Waals surface area contributed by atoms with E-state index in [2.05, 4.69) is 25.8 Å². The first-order chi connectivity index (χ1) is 13.1. The maximum absolute atomic E-state index is 13.3. The van der Waals surface area contributed by atoms with Crippen LogP contribution in [0.4, 0.5) is 15.8 Å². The van der Waals surface area contributed by atoms with Crippen molar-refractivity contribution in [2.24, 2.45) is 4.99 Å². The van der Waals surface area contributed by atoms with Gasteiger partial charge in [-0.15, -0.1) is 0 Å². The standard InChI is InChI=1S/C21H15BrClFN2O/c22-16-4-6-20-15(9-16)11-25-13-26(20)18-5-7-21(19(23)10-18)27-12-14-2-1-3-17(24)8-14/h1-11H,12-13H2. The van der Waals surface area contributed by atoms with Crippen molar-refractivity contribution >= 4 is 45.1 Å². The summed E-state index contributed by atoms with van der Waals surface area (Å²) in [5, 5.41) is 0.497. The van der Waals surface area contributed by atoms with Crippen molar-refractivity contribution in [3.05, 3.63) is 87.1 Å². The molecule has 0 N–H and O–H groups in total. The minimum atomic E-state index is -0.284. The molecule has 1 aliphatic heterocycles. The molecule has 0 saturated heterocycles. The number of anilines is 2. The molecule has 0 atom stereocenters. The van der Waals surface area contributed by atoms with Crippen molar-refractivity contribution in [2.75, 3.05) is 11.6 Å². The Bertz CT molecular complexity index is 1020. The van der Waals surface area contributed by atoms with E-state index in [9.17, 15) is 4.39 Å². The normalized spacial score (nSPS) is 12.8. The Morgan fingerprint density at radius 1 is 1.11 bits per heavy atom. The highest BCUT2D eigenvalue weighted by Gasteiger charge is 2.17. The van der Waals surface area contributed by atoms with Gasteiger partial charge in [0.1, 0.15) is 24.8 Å². The lowest BCUT2D eigenvalue weighted by atomic mass is 10.1. The molecule has 27 heavy (non-hydrogen) atoms. The molecule has 1 aliphatic rings. The van der Waals surface area contributed by atoms with E-state index in [1.54, 1.807) is 6.07 Å². The molecule has 3 aromatic carbocycles. The average Bonchev–Trinajstić information content (AvgIpc) is 2.66. The maximum Gasteiger partial charge on any atom is 0.138 e. The highest BCUT2D eigenvalue weighted by molar-refractivity contribution is 9.10. The summed E-state index contributed by atoms with van der Waals surface area (Å²) < 4.78 is 20.0. The van der Waals surface area contributed by atoms with E-state index < -0.39 is 0 Å². The topological polar surface area (TPSA) is 24.8 Å². The fourth-order valence-electron chi connectivity index (χ4n) is 2.95. The molecule has 3 aromatic rings. The second kappa shape index (κ2) is 7.71. The zero-order chi connectivity index (χ0) is 18.8. The predicted molar refractivity (Wildman–Crippen MR) is 111 cm³/mol.